The first kappa shape index (κ1) is 18.1. The predicted molar refractivity (Wildman–Crippen MR) is 98.6 cm³/mol. The molecule has 0 atom stereocenters. The fourth-order valence-electron chi connectivity index (χ4n) is 2.99. The van der Waals surface area contributed by atoms with Crippen LogP contribution in [-0.4, -0.2) is 54.3 Å². The molecule has 0 spiro atoms. The number of piperazine rings is 1. The molecule has 2 aromatic rings. The second-order valence-electron chi connectivity index (χ2n) is 6.44. The molecule has 26 heavy (non-hydrogen) atoms. The van der Waals surface area contributed by atoms with E-state index in [9.17, 15) is 14.0 Å². The van der Waals surface area contributed by atoms with Crippen LogP contribution in [0, 0.1) is 12.7 Å². The van der Waals surface area contributed by atoms with Gasteiger partial charge >= 0.3 is 0 Å². The molecule has 5 nitrogen and oxygen atoms in total. The lowest BCUT2D eigenvalue weighted by Gasteiger charge is -2.34. The zero-order chi connectivity index (χ0) is 18.5. The van der Waals surface area contributed by atoms with Crippen molar-refractivity contribution in [2.45, 2.75) is 6.92 Å². The monoisotopic (exact) mass is 355 g/mol. The Morgan fingerprint density at radius 3 is 2.31 bits per heavy atom. The number of para-hydroxylation sites is 1. The van der Waals surface area contributed by atoms with Gasteiger partial charge in [-0.1, -0.05) is 18.2 Å². The highest BCUT2D eigenvalue weighted by Crippen LogP contribution is 2.14. The summed E-state index contributed by atoms with van der Waals surface area (Å²) in [6.07, 6.45) is 0. The van der Waals surface area contributed by atoms with E-state index >= 15 is 0 Å². The van der Waals surface area contributed by atoms with Crippen molar-refractivity contribution in [2.75, 3.05) is 38.0 Å². The molecule has 0 unspecified atom stereocenters. The minimum atomic E-state index is -0.356. The molecule has 6 heteroatoms. The molecular formula is C20H22FN3O2. The Bertz CT molecular complexity index is 784. The number of hydrogen-bond acceptors (Lipinski definition) is 3. The van der Waals surface area contributed by atoms with Gasteiger partial charge in [0.15, 0.2) is 0 Å². The molecule has 0 aromatic heterocycles. The lowest BCUT2D eigenvalue weighted by Crippen LogP contribution is -2.50. The minimum Gasteiger partial charge on any atom is -0.336 e. The van der Waals surface area contributed by atoms with Gasteiger partial charge in [0.2, 0.25) is 5.91 Å². The number of rotatable bonds is 4. The minimum absolute atomic E-state index is 0.0578. The van der Waals surface area contributed by atoms with Crippen molar-refractivity contribution in [1.82, 2.24) is 9.80 Å². The van der Waals surface area contributed by atoms with Crippen LogP contribution in [0.15, 0.2) is 48.5 Å². The van der Waals surface area contributed by atoms with Gasteiger partial charge in [-0.3, -0.25) is 14.5 Å². The van der Waals surface area contributed by atoms with E-state index in [1.54, 1.807) is 4.90 Å². The number of aryl methyl sites for hydroxylation is 1. The Balaban J connectivity index is 1.49. The molecule has 1 saturated heterocycles. The molecule has 136 valence electrons. The van der Waals surface area contributed by atoms with Crippen LogP contribution in [0.4, 0.5) is 10.1 Å². The average molecular weight is 355 g/mol. The van der Waals surface area contributed by atoms with Crippen molar-refractivity contribution in [2.24, 2.45) is 0 Å². The van der Waals surface area contributed by atoms with E-state index in [0.717, 1.165) is 11.3 Å². The summed E-state index contributed by atoms with van der Waals surface area (Å²) >= 11 is 0. The normalized spacial score (nSPS) is 14.9. The van der Waals surface area contributed by atoms with Crippen molar-refractivity contribution in [3.8, 4) is 0 Å². The third kappa shape index (κ3) is 4.46. The predicted octanol–water partition coefficient (Wildman–Crippen LogP) is 2.53. The van der Waals surface area contributed by atoms with Crippen molar-refractivity contribution in [1.29, 1.82) is 0 Å². The number of hydrogen-bond donors (Lipinski definition) is 1. The maximum atomic E-state index is 13.0. The van der Waals surface area contributed by atoms with Crippen molar-refractivity contribution in [3.05, 3.63) is 65.5 Å². The van der Waals surface area contributed by atoms with Crippen LogP contribution >= 0.6 is 0 Å². The van der Waals surface area contributed by atoms with Crippen LogP contribution in [0.2, 0.25) is 0 Å². The highest BCUT2D eigenvalue weighted by molar-refractivity contribution is 5.94. The zero-order valence-corrected chi connectivity index (χ0v) is 14.7. The van der Waals surface area contributed by atoms with E-state index in [0.29, 0.717) is 38.3 Å². The number of nitrogens with one attached hydrogen (secondary N) is 1. The second-order valence-corrected chi connectivity index (χ2v) is 6.44. The third-order valence-corrected chi connectivity index (χ3v) is 4.54. The Labute approximate surface area is 152 Å². The van der Waals surface area contributed by atoms with Gasteiger partial charge in [-0.2, -0.15) is 0 Å². The number of carbonyl (C=O) groups is 2. The summed E-state index contributed by atoms with van der Waals surface area (Å²) in [5, 5.41) is 2.93. The molecule has 0 aliphatic carbocycles. The number of amides is 2. The number of halogens is 1. The first-order valence-electron chi connectivity index (χ1n) is 8.65. The number of anilines is 1. The van der Waals surface area contributed by atoms with Gasteiger partial charge in [-0.05, 0) is 42.8 Å². The third-order valence-electron chi connectivity index (χ3n) is 4.54. The molecule has 2 aromatic carbocycles. The van der Waals surface area contributed by atoms with Crippen molar-refractivity contribution < 1.29 is 14.0 Å². The molecule has 0 saturated carbocycles. The number of carbonyl (C=O) groups excluding carboxylic acids is 2. The Morgan fingerprint density at radius 2 is 1.65 bits per heavy atom. The standard InChI is InChI=1S/C20H22FN3O2/c1-15-4-2-3-5-18(15)22-19(25)14-23-10-12-24(13-11-23)20(26)16-6-8-17(21)9-7-16/h2-9H,10-14H2,1H3,(H,22,25). The Kier molecular flexibility index (Phi) is 5.63. The van der Waals surface area contributed by atoms with Crippen LogP contribution in [-0.2, 0) is 4.79 Å². The molecule has 1 aliphatic heterocycles. The van der Waals surface area contributed by atoms with Gasteiger partial charge in [-0.15, -0.1) is 0 Å². The zero-order valence-electron chi connectivity index (χ0n) is 14.7. The smallest absolute Gasteiger partial charge is 0.253 e. The van der Waals surface area contributed by atoms with Crippen molar-refractivity contribution in [3.63, 3.8) is 0 Å². The van der Waals surface area contributed by atoms with Gasteiger partial charge in [0.05, 0.1) is 6.54 Å². The maximum Gasteiger partial charge on any atom is 0.253 e. The summed E-state index contributed by atoms with van der Waals surface area (Å²) in [4.78, 5) is 28.4. The van der Waals surface area contributed by atoms with E-state index in [1.807, 2.05) is 36.1 Å². The van der Waals surface area contributed by atoms with E-state index in [4.69, 9.17) is 0 Å². The van der Waals surface area contributed by atoms with Crippen LogP contribution in [0.1, 0.15) is 15.9 Å². The average Bonchev–Trinajstić information content (AvgIpc) is 2.64. The van der Waals surface area contributed by atoms with E-state index in [1.165, 1.54) is 24.3 Å². The molecule has 0 radical (unpaired) electrons. The maximum absolute atomic E-state index is 13.0. The first-order valence-corrected chi connectivity index (χ1v) is 8.65. The van der Waals surface area contributed by atoms with Gasteiger partial charge in [0, 0.05) is 37.4 Å². The van der Waals surface area contributed by atoms with Crippen molar-refractivity contribution >= 4 is 17.5 Å². The SMILES string of the molecule is Cc1ccccc1NC(=O)CN1CCN(C(=O)c2ccc(F)cc2)CC1. The summed E-state index contributed by atoms with van der Waals surface area (Å²) < 4.78 is 13.0. The van der Waals surface area contributed by atoms with E-state index in [2.05, 4.69) is 5.32 Å². The van der Waals surface area contributed by atoms with Gasteiger partial charge in [-0.25, -0.2) is 4.39 Å². The summed E-state index contributed by atoms with van der Waals surface area (Å²) in [5.74, 6) is -0.516. The topological polar surface area (TPSA) is 52.7 Å². The summed E-state index contributed by atoms with van der Waals surface area (Å²) in [6, 6.07) is 13.2. The number of nitrogens with zero attached hydrogens (tertiary/aromatic N) is 2. The summed E-state index contributed by atoms with van der Waals surface area (Å²) in [6.45, 7) is 4.62. The van der Waals surface area contributed by atoms with Crippen LogP contribution < -0.4 is 5.32 Å². The van der Waals surface area contributed by atoms with E-state index in [-0.39, 0.29) is 17.6 Å². The van der Waals surface area contributed by atoms with Crippen LogP contribution in [0.3, 0.4) is 0 Å². The fourth-order valence-corrected chi connectivity index (χ4v) is 2.99. The highest BCUT2D eigenvalue weighted by atomic mass is 19.1. The first-order chi connectivity index (χ1) is 12.5. The fraction of sp³-hybridized carbons (Fsp3) is 0.300. The van der Waals surface area contributed by atoms with Gasteiger partial charge < -0.3 is 10.2 Å². The number of benzene rings is 2. The molecule has 1 N–H and O–H groups in total. The summed E-state index contributed by atoms with van der Waals surface area (Å²) in [7, 11) is 0. The largest absolute Gasteiger partial charge is 0.336 e. The van der Waals surface area contributed by atoms with Crippen LogP contribution in [0.5, 0.6) is 0 Å². The second kappa shape index (κ2) is 8.10. The lowest BCUT2D eigenvalue weighted by atomic mass is 10.1. The molecule has 3 rings (SSSR count). The lowest BCUT2D eigenvalue weighted by molar-refractivity contribution is -0.117. The highest BCUT2D eigenvalue weighted by Gasteiger charge is 2.23. The summed E-state index contributed by atoms with van der Waals surface area (Å²) in [5.41, 5.74) is 2.33. The molecule has 0 bridgehead atoms. The molecule has 1 aliphatic rings. The Hall–Kier alpha value is -2.73. The molecular weight excluding hydrogens is 333 g/mol. The van der Waals surface area contributed by atoms with Crippen LogP contribution in [0.25, 0.3) is 0 Å². The molecule has 2 amide bonds. The van der Waals surface area contributed by atoms with E-state index < -0.39 is 0 Å². The van der Waals surface area contributed by atoms with Gasteiger partial charge in [0.1, 0.15) is 5.82 Å². The van der Waals surface area contributed by atoms with Gasteiger partial charge in [0.25, 0.3) is 5.91 Å². The molecule has 1 fully saturated rings. The Morgan fingerprint density at radius 1 is 1.00 bits per heavy atom. The quantitative estimate of drug-likeness (QED) is 0.917. The molecule has 1 heterocycles.